The smallest absolute Gasteiger partial charge is 0.253 e. The Morgan fingerprint density at radius 3 is 3.00 bits per heavy atom. The molecule has 3 nitrogen and oxygen atoms in total. The molecule has 1 rings (SSSR count). The van der Waals surface area contributed by atoms with E-state index in [4.69, 9.17) is 5.26 Å². The second-order valence-electron chi connectivity index (χ2n) is 2.46. The topological polar surface area (TPSA) is 52.9 Å². The highest BCUT2D eigenvalue weighted by molar-refractivity contribution is 14.1. The second-order valence-corrected chi connectivity index (χ2v) is 4.56. The Hall–Kier alpha value is -0.610. The van der Waals surface area contributed by atoms with Crippen molar-refractivity contribution in [2.75, 3.05) is 6.54 Å². The maximum absolute atomic E-state index is 11.5. The molecule has 0 aliphatic carbocycles. The molecule has 1 aromatic carbocycles. The summed E-state index contributed by atoms with van der Waals surface area (Å²) >= 11 is 5.40. The largest absolute Gasteiger partial charge is 0.339 e. The predicted molar refractivity (Wildman–Crippen MR) is 64.8 cm³/mol. The zero-order valence-corrected chi connectivity index (χ0v) is 10.8. The summed E-state index contributed by atoms with van der Waals surface area (Å²) in [6.07, 6.45) is 0. The Kier molecular flexibility index (Phi) is 4.35. The van der Waals surface area contributed by atoms with Gasteiger partial charge in [-0.25, -0.2) is 0 Å². The molecule has 14 heavy (non-hydrogen) atoms. The average Bonchev–Trinajstić information content (AvgIpc) is 2.18. The molecule has 0 spiro atoms. The van der Waals surface area contributed by atoms with Gasteiger partial charge in [0.25, 0.3) is 5.91 Å². The summed E-state index contributed by atoms with van der Waals surface area (Å²) in [5.74, 6) is -0.239. The minimum Gasteiger partial charge on any atom is -0.339 e. The van der Waals surface area contributed by atoms with Crippen molar-refractivity contribution in [3.05, 3.63) is 31.8 Å². The maximum atomic E-state index is 11.5. The number of carbonyl (C=O) groups excluding carboxylic acids is 1. The fourth-order valence-electron chi connectivity index (χ4n) is 0.887. The van der Waals surface area contributed by atoms with Gasteiger partial charge in [0, 0.05) is 8.04 Å². The number of halogens is 2. The molecule has 0 bridgehead atoms. The van der Waals surface area contributed by atoms with Crippen LogP contribution < -0.4 is 5.32 Å². The summed E-state index contributed by atoms with van der Waals surface area (Å²) < 4.78 is 1.71. The first-order valence-corrected chi connectivity index (χ1v) is 5.62. The van der Waals surface area contributed by atoms with Crippen molar-refractivity contribution < 1.29 is 4.79 Å². The molecule has 0 unspecified atom stereocenters. The van der Waals surface area contributed by atoms with E-state index in [0.29, 0.717) is 5.56 Å². The van der Waals surface area contributed by atoms with Crippen LogP contribution in [0, 0.1) is 14.9 Å². The molecule has 0 heterocycles. The molecular weight excluding hydrogens is 359 g/mol. The minimum atomic E-state index is -0.239. The third-order valence-electron chi connectivity index (χ3n) is 1.50. The first-order valence-electron chi connectivity index (χ1n) is 3.75. The zero-order valence-electron chi connectivity index (χ0n) is 7.05. The molecule has 5 heteroatoms. The second kappa shape index (κ2) is 5.32. The fraction of sp³-hybridized carbons (Fsp3) is 0.111. The third-order valence-corrected chi connectivity index (χ3v) is 2.86. The van der Waals surface area contributed by atoms with Crippen molar-refractivity contribution in [2.45, 2.75) is 0 Å². The van der Waals surface area contributed by atoms with E-state index in [1.54, 1.807) is 6.07 Å². The molecule has 1 amide bonds. The van der Waals surface area contributed by atoms with Gasteiger partial charge in [-0.3, -0.25) is 4.79 Å². The maximum Gasteiger partial charge on any atom is 0.253 e. The molecule has 0 aliphatic heterocycles. The van der Waals surface area contributed by atoms with Crippen molar-refractivity contribution in [3.63, 3.8) is 0 Å². The van der Waals surface area contributed by atoms with Crippen molar-refractivity contribution in [2.24, 2.45) is 0 Å². The summed E-state index contributed by atoms with van der Waals surface area (Å²) in [5.41, 5.74) is 0.548. The van der Waals surface area contributed by atoms with E-state index in [9.17, 15) is 4.79 Å². The van der Waals surface area contributed by atoms with Crippen LogP contribution in [-0.4, -0.2) is 12.5 Å². The lowest BCUT2D eigenvalue weighted by Gasteiger charge is -2.03. The normalized spacial score (nSPS) is 9.21. The van der Waals surface area contributed by atoms with Crippen LogP contribution in [0.3, 0.4) is 0 Å². The van der Waals surface area contributed by atoms with Crippen LogP contribution >= 0.6 is 38.5 Å². The molecule has 0 atom stereocenters. The molecule has 72 valence electrons. The number of nitrogens with zero attached hydrogens (tertiary/aromatic N) is 1. The van der Waals surface area contributed by atoms with E-state index in [-0.39, 0.29) is 12.5 Å². The number of nitrogens with one attached hydrogen (secondary N) is 1. The summed E-state index contributed by atoms with van der Waals surface area (Å²) in [5, 5.41) is 10.8. The fourth-order valence-corrected chi connectivity index (χ4v) is 1.80. The van der Waals surface area contributed by atoms with Crippen molar-refractivity contribution >= 4 is 44.4 Å². The van der Waals surface area contributed by atoms with Gasteiger partial charge >= 0.3 is 0 Å². The monoisotopic (exact) mass is 364 g/mol. The van der Waals surface area contributed by atoms with E-state index in [1.165, 1.54) is 0 Å². The standard InChI is InChI=1S/C9H6BrIN2O/c10-8-2-1-6(11)5-7(8)9(14)13-4-3-12/h1-2,5H,4H2,(H,13,14). The van der Waals surface area contributed by atoms with Crippen LogP contribution in [0.15, 0.2) is 22.7 Å². The van der Waals surface area contributed by atoms with Crippen LogP contribution in [-0.2, 0) is 0 Å². The summed E-state index contributed by atoms with van der Waals surface area (Å²) in [6, 6.07) is 7.32. The lowest BCUT2D eigenvalue weighted by atomic mass is 10.2. The molecule has 0 saturated carbocycles. The van der Waals surface area contributed by atoms with E-state index in [1.807, 2.05) is 18.2 Å². The first-order chi connectivity index (χ1) is 6.65. The molecule has 0 radical (unpaired) electrons. The first kappa shape index (κ1) is 11.5. The van der Waals surface area contributed by atoms with Crippen LogP contribution in [0.4, 0.5) is 0 Å². The van der Waals surface area contributed by atoms with Gasteiger partial charge in [0.2, 0.25) is 0 Å². The van der Waals surface area contributed by atoms with Crippen molar-refractivity contribution in [1.82, 2.24) is 5.32 Å². The van der Waals surface area contributed by atoms with Crippen LogP contribution in [0.1, 0.15) is 10.4 Å². The lowest BCUT2D eigenvalue weighted by Crippen LogP contribution is -2.23. The van der Waals surface area contributed by atoms with Crippen molar-refractivity contribution in [3.8, 4) is 6.07 Å². The lowest BCUT2D eigenvalue weighted by molar-refractivity contribution is 0.0957. The van der Waals surface area contributed by atoms with E-state index in [0.717, 1.165) is 8.04 Å². The highest BCUT2D eigenvalue weighted by Crippen LogP contribution is 2.19. The highest BCUT2D eigenvalue weighted by Gasteiger charge is 2.09. The van der Waals surface area contributed by atoms with Crippen LogP contribution in [0.5, 0.6) is 0 Å². The summed E-state index contributed by atoms with van der Waals surface area (Å²) in [6.45, 7) is 0.0246. The van der Waals surface area contributed by atoms with E-state index in [2.05, 4.69) is 43.8 Å². The van der Waals surface area contributed by atoms with Gasteiger partial charge < -0.3 is 5.32 Å². The van der Waals surface area contributed by atoms with Gasteiger partial charge in [0.15, 0.2) is 0 Å². The molecular formula is C9H6BrIN2O. The van der Waals surface area contributed by atoms with Gasteiger partial charge in [-0.05, 0) is 56.7 Å². The Labute approximate surface area is 104 Å². The zero-order chi connectivity index (χ0) is 10.6. The number of hydrogen-bond acceptors (Lipinski definition) is 2. The van der Waals surface area contributed by atoms with Gasteiger partial charge in [-0.15, -0.1) is 0 Å². The summed E-state index contributed by atoms with van der Waals surface area (Å²) in [4.78, 5) is 11.5. The number of rotatable bonds is 2. The molecule has 0 saturated heterocycles. The van der Waals surface area contributed by atoms with Gasteiger partial charge in [0.05, 0.1) is 11.6 Å². The van der Waals surface area contributed by atoms with E-state index < -0.39 is 0 Å². The number of hydrogen-bond donors (Lipinski definition) is 1. The van der Waals surface area contributed by atoms with Crippen LogP contribution in [0.25, 0.3) is 0 Å². The Bertz CT molecular complexity index is 400. The average molecular weight is 365 g/mol. The van der Waals surface area contributed by atoms with E-state index >= 15 is 0 Å². The van der Waals surface area contributed by atoms with Crippen LogP contribution in [0.2, 0.25) is 0 Å². The number of carbonyl (C=O) groups is 1. The third kappa shape index (κ3) is 2.96. The predicted octanol–water partition coefficient (Wildman–Crippen LogP) is 2.31. The molecule has 0 aromatic heterocycles. The number of nitriles is 1. The quantitative estimate of drug-likeness (QED) is 0.646. The Morgan fingerprint density at radius 1 is 1.64 bits per heavy atom. The molecule has 0 aliphatic rings. The Morgan fingerprint density at radius 2 is 2.36 bits per heavy atom. The number of amides is 1. The minimum absolute atomic E-state index is 0.0246. The Balaban J connectivity index is 2.90. The summed E-state index contributed by atoms with van der Waals surface area (Å²) in [7, 11) is 0. The van der Waals surface area contributed by atoms with Crippen molar-refractivity contribution in [1.29, 1.82) is 5.26 Å². The molecule has 1 N–H and O–H groups in total. The van der Waals surface area contributed by atoms with Gasteiger partial charge in [0.1, 0.15) is 6.54 Å². The van der Waals surface area contributed by atoms with Gasteiger partial charge in [-0.2, -0.15) is 5.26 Å². The van der Waals surface area contributed by atoms with Gasteiger partial charge in [-0.1, -0.05) is 0 Å². The molecule has 0 fully saturated rings. The highest BCUT2D eigenvalue weighted by atomic mass is 127. The SMILES string of the molecule is N#CCNC(=O)c1cc(I)ccc1Br. The molecule has 1 aromatic rings. The number of benzene rings is 1.